The van der Waals surface area contributed by atoms with Crippen molar-refractivity contribution in [1.82, 2.24) is 10.2 Å². The fourth-order valence-electron chi connectivity index (χ4n) is 3.49. The lowest BCUT2D eigenvalue weighted by molar-refractivity contribution is -0.136. The van der Waals surface area contributed by atoms with Crippen LogP contribution >= 0.6 is 0 Å². The van der Waals surface area contributed by atoms with Crippen LogP contribution in [0.5, 0.6) is 0 Å². The van der Waals surface area contributed by atoms with Gasteiger partial charge in [-0.2, -0.15) is 8.42 Å². The van der Waals surface area contributed by atoms with Crippen molar-refractivity contribution in [1.29, 1.82) is 0 Å². The largest absolute Gasteiger partial charge is 0.370 e. The Morgan fingerprint density at radius 1 is 1.16 bits per heavy atom. The molecule has 0 aromatic heterocycles. The van der Waals surface area contributed by atoms with Crippen molar-refractivity contribution in [2.45, 2.75) is 38.1 Å². The Hall–Kier alpha value is -2.66. The number of likely N-dealkylation sites (N-methyl/N-ethyl adjacent to an activating group) is 1. The second-order valence-electron chi connectivity index (χ2n) is 8.20. The van der Waals surface area contributed by atoms with E-state index in [1.807, 2.05) is 30.3 Å². The van der Waals surface area contributed by atoms with Crippen LogP contribution < -0.4 is 16.8 Å². The molecule has 0 unspecified atom stereocenters. The average Bonchev–Trinajstić information content (AvgIpc) is 2.71. The summed E-state index contributed by atoms with van der Waals surface area (Å²) in [7, 11) is -0.247. The molecular weight excluding hydrogens is 434 g/mol. The highest BCUT2D eigenvalue weighted by Crippen LogP contribution is 2.29. The minimum atomic E-state index is -3.67. The first-order valence-electron chi connectivity index (χ1n) is 10.4. The quantitative estimate of drug-likeness (QED) is 0.254. The Morgan fingerprint density at radius 3 is 2.16 bits per heavy atom. The highest BCUT2D eigenvalue weighted by molar-refractivity contribution is 7.85. The van der Waals surface area contributed by atoms with Crippen molar-refractivity contribution in [2.24, 2.45) is 28.3 Å². The first-order valence-corrected chi connectivity index (χ1v) is 12.2. The topological polar surface area (TPSA) is 168 Å². The van der Waals surface area contributed by atoms with E-state index in [0.717, 1.165) is 31.2 Å². The number of rotatable bonds is 7. The molecule has 1 saturated carbocycles. The third-order valence-electron chi connectivity index (χ3n) is 5.09. The number of guanidine groups is 1. The fourth-order valence-corrected chi connectivity index (χ4v) is 3.49. The van der Waals surface area contributed by atoms with Crippen LogP contribution in [0, 0.1) is 11.8 Å². The predicted octanol–water partition coefficient (Wildman–Crippen LogP) is 0.386. The van der Waals surface area contributed by atoms with Gasteiger partial charge in [0.1, 0.15) is 6.04 Å². The molecule has 2 amide bonds. The molecule has 2 rings (SSSR count). The van der Waals surface area contributed by atoms with Crippen LogP contribution in [0.3, 0.4) is 0 Å². The zero-order valence-electron chi connectivity index (χ0n) is 18.9. The van der Waals surface area contributed by atoms with Crippen LogP contribution in [0.25, 0.3) is 0 Å². The Morgan fingerprint density at radius 2 is 1.69 bits per heavy atom. The van der Waals surface area contributed by atoms with Gasteiger partial charge in [-0.25, -0.2) is 0 Å². The van der Waals surface area contributed by atoms with Gasteiger partial charge in [0.2, 0.25) is 11.8 Å². The number of aliphatic imine (C=N–C) groups is 1. The number of carbonyl (C=O) groups is 2. The summed E-state index contributed by atoms with van der Waals surface area (Å²) >= 11 is 0. The molecule has 1 aromatic rings. The highest BCUT2D eigenvalue weighted by atomic mass is 32.2. The zero-order chi connectivity index (χ0) is 24.3. The molecule has 10 nitrogen and oxygen atoms in total. The molecule has 180 valence electrons. The van der Waals surface area contributed by atoms with Crippen LogP contribution in [0.15, 0.2) is 35.3 Å². The van der Waals surface area contributed by atoms with Crippen LogP contribution in [-0.4, -0.2) is 68.6 Å². The third kappa shape index (κ3) is 11.7. The van der Waals surface area contributed by atoms with E-state index in [4.69, 9.17) is 16.0 Å². The van der Waals surface area contributed by atoms with Crippen molar-refractivity contribution >= 4 is 27.9 Å². The number of hydrogen-bond acceptors (Lipinski definition) is 5. The van der Waals surface area contributed by atoms with Crippen molar-refractivity contribution in [3.63, 3.8) is 0 Å². The lowest BCUT2D eigenvalue weighted by Crippen LogP contribution is -2.49. The Kier molecular flexibility index (Phi) is 11.1. The SMILES string of the molecule is CN(C)C(=O)[C@H](Cc1ccccc1)NC(=O)C1CCC(CN=C(N)N)CC1.CS(=O)(=O)O. The number of benzene rings is 1. The van der Waals surface area contributed by atoms with Crippen molar-refractivity contribution in [3.05, 3.63) is 35.9 Å². The second-order valence-corrected chi connectivity index (χ2v) is 9.67. The molecule has 6 N–H and O–H groups in total. The number of nitrogens with one attached hydrogen (secondary N) is 1. The summed E-state index contributed by atoms with van der Waals surface area (Å²) in [6, 6.07) is 9.20. The lowest BCUT2D eigenvalue weighted by atomic mass is 9.81. The van der Waals surface area contributed by atoms with Gasteiger partial charge in [0.15, 0.2) is 5.96 Å². The molecule has 1 aliphatic carbocycles. The number of carbonyl (C=O) groups excluding carboxylic acids is 2. The summed E-state index contributed by atoms with van der Waals surface area (Å²) < 4.78 is 25.9. The van der Waals surface area contributed by atoms with Crippen LogP contribution in [0.4, 0.5) is 0 Å². The van der Waals surface area contributed by atoms with E-state index >= 15 is 0 Å². The van der Waals surface area contributed by atoms with Gasteiger partial charge in [0, 0.05) is 33.0 Å². The molecule has 0 bridgehead atoms. The summed E-state index contributed by atoms with van der Waals surface area (Å²) in [5.41, 5.74) is 11.8. The average molecular weight is 470 g/mol. The minimum absolute atomic E-state index is 0.0357. The molecule has 1 aromatic carbocycles. The molecular formula is C21H35N5O5S. The summed E-state index contributed by atoms with van der Waals surface area (Å²) in [6.07, 6.45) is 4.63. The normalized spacial score (nSPS) is 19.0. The zero-order valence-corrected chi connectivity index (χ0v) is 19.7. The molecule has 1 aliphatic rings. The van der Waals surface area contributed by atoms with Crippen molar-refractivity contribution in [2.75, 3.05) is 26.9 Å². The monoisotopic (exact) mass is 469 g/mol. The maximum atomic E-state index is 12.7. The van der Waals surface area contributed by atoms with Crippen LogP contribution in [0.2, 0.25) is 0 Å². The van der Waals surface area contributed by atoms with Crippen molar-refractivity contribution < 1.29 is 22.6 Å². The minimum Gasteiger partial charge on any atom is -0.370 e. The number of hydrogen-bond donors (Lipinski definition) is 4. The van der Waals surface area contributed by atoms with E-state index in [2.05, 4.69) is 10.3 Å². The van der Waals surface area contributed by atoms with E-state index in [0.29, 0.717) is 25.1 Å². The molecule has 1 atom stereocenters. The fraction of sp³-hybridized carbons (Fsp3) is 0.571. The van der Waals surface area contributed by atoms with Crippen LogP contribution in [0.1, 0.15) is 31.2 Å². The summed E-state index contributed by atoms with van der Waals surface area (Å²) in [5.74, 6) is 0.342. The number of nitrogens with two attached hydrogens (primary N) is 2. The summed E-state index contributed by atoms with van der Waals surface area (Å²) in [6.45, 7) is 0.617. The van der Waals surface area contributed by atoms with Gasteiger partial charge in [-0.1, -0.05) is 30.3 Å². The molecule has 0 radical (unpaired) electrons. The summed E-state index contributed by atoms with van der Waals surface area (Å²) in [5, 5.41) is 2.98. The van der Waals surface area contributed by atoms with Gasteiger partial charge in [-0.05, 0) is 37.2 Å². The molecule has 0 aliphatic heterocycles. The van der Waals surface area contributed by atoms with Gasteiger partial charge < -0.3 is 21.7 Å². The van der Waals surface area contributed by atoms with E-state index in [9.17, 15) is 18.0 Å². The molecule has 0 spiro atoms. The maximum absolute atomic E-state index is 12.7. The van der Waals surface area contributed by atoms with Crippen molar-refractivity contribution in [3.8, 4) is 0 Å². The standard InChI is InChI=1S/C20H31N5O2.CH4O3S/c1-25(2)19(27)17(12-14-6-4-3-5-7-14)24-18(26)16-10-8-15(9-11-16)13-23-20(21)22;1-5(2,3)4/h3-7,15-17H,8-13H2,1-2H3,(H,24,26)(H4,21,22,23);1H3,(H,2,3,4)/t15?,16?,17-;/m0./s1. The highest BCUT2D eigenvalue weighted by Gasteiger charge is 2.30. The van der Waals surface area contributed by atoms with Gasteiger partial charge in [0.25, 0.3) is 10.1 Å². The van der Waals surface area contributed by atoms with E-state index < -0.39 is 16.2 Å². The molecule has 11 heteroatoms. The molecule has 32 heavy (non-hydrogen) atoms. The molecule has 0 heterocycles. The third-order valence-corrected chi connectivity index (χ3v) is 5.09. The smallest absolute Gasteiger partial charge is 0.261 e. The Balaban J connectivity index is 0.000000920. The summed E-state index contributed by atoms with van der Waals surface area (Å²) in [4.78, 5) is 30.9. The maximum Gasteiger partial charge on any atom is 0.261 e. The molecule has 0 saturated heterocycles. The van der Waals surface area contributed by atoms with Gasteiger partial charge >= 0.3 is 0 Å². The van der Waals surface area contributed by atoms with E-state index in [1.54, 1.807) is 14.1 Å². The van der Waals surface area contributed by atoms with E-state index in [-0.39, 0.29) is 23.7 Å². The lowest BCUT2D eigenvalue weighted by Gasteiger charge is -2.29. The Labute approximate surface area is 190 Å². The van der Waals surface area contributed by atoms with Gasteiger partial charge in [-0.3, -0.25) is 19.1 Å². The predicted molar refractivity (Wildman–Crippen MR) is 124 cm³/mol. The first-order chi connectivity index (χ1) is 14.9. The molecule has 1 fully saturated rings. The van der Waals surface area contributed by atoms with Crippen LogP contribution in [-0.2, 0) is 26.1 Å². The number of amides is 2. The Bertz CT molecular complexity index is 854. The van der Waals surface area contributed by atoms with Gasteiger partial charge in [0.05, 0.1) is 6.26 Å². The first kappa shape index (κ1) is 27.4. The second kappa shape index (κ2) is 13.0. The number of nitrogens with zero attached hydrogens (tertiary/aromatic N) is 2. The van der Waals surface area contributed by atoms with E-state index in [1.165, 1.54) is 4.90 Å². The van der Waals surface area contributed by atoms with Gasteiger partial charge in [-0.15, -0.1) is 0 Å².